The lowest BCUT2D eigenvalue weighted by atomic mass is 9.94. The molecule has 2 aliphatic heterocycles. The van der Waals surface area contributed by atoms with E-state index in [0.29, 0.717) is 0 Å². The molecule has 0 spiro atoms. The molecule has 1 atom stereocenters. The highest BCUT2D eigenvalue weighted by molar-refractivity contribution is 5.05. The number of alkyl halides is 2. The molecule has 0 aromatic heterocycles. The van der Waals surface area contributed by atoms with Gasteiger partial charge in [-0.15, -0.1) is 0 Å². The average Bonchev–Trinajstić information content (AvgIpc) is 2.61. The highest BCUT2D eigenvalue weighted by Crippen LogP contribution is 2.45. The van der Waals surface area contributed by atoms with Crippen LogP contribution in [0.15, 0.2) is 0 Å². The van der Waals surface area contributed by atoms with Crippen molar-refractivity contribution in [2.75, 3.05) is 19.7 Å². The van der Waals surface area contributed by atoms with E-state index in [1.165, 1.54) is 0 Å². The molecule has 2 fully saturated rings. The predicted octanol–water partition coefficient (Wildman–Crippen LogP) is 1.88. The number of nitrogens with zero attached hydrogens (tertiary/aromatic N) is 1. The van der Waals surface area contributed by atoms with Gasteiger partial charge in [-0.05, 0) is 19.4 Å². The van der Waals surface area contributed by atoms with Gasteiger partial charge in [0.15, 0.2) is 0 Å². The second-order valence-corrected chi connectivity index (χ2v) is 3.94. The Bertz CT molecular complexity index is 199. The highest BCUT2D eigenvalue weighted by atomic mass is 19.3. The summed E-state index contributed by atoms with van der Waals surface area (Å²) in [5.74, 6) is -2.58. The molecule has 2 nitrogen and oxygen atoms in total. The average molecular weight is 207 g/mol. The van der Waals surface area contributed by atoms with Gasteiger partial charge >= 0.3 is 0 Å². The van der Waals surface area contributed by atoms with E-state index in [-0.39, 0.29) is 19.6 Å². The van der Waals surface area contributed by atoms with Crippen molar-refractivity contribution in [2.24, 2.45) is 0 Å². The van der Waals surface area contributed by atoms with E-state index >= 15 is 0 Å². The summed E-state index contributed by atoms with van der Waals surface area (Å²) in [6, 6.07) is 0. The lowest BCUT2D eigenvalue weighted by molar-refractivity contribution is 0.00767. The van der Waals surface area contributed by atoms with Crippen LogP contribution in [0.3, 0.4) is 0 Å². The van der Waals surface area contributed by atoms with Gasteiger partial charge in [0.2, 0.25) is 0 Å². The second kappa shape index (κ2) is 4.11. The van der Waals surface area contributed by atoms with Crippen LogP contribution in [0.5, 0.6) is 0 Å². The van der Waals surface area contributed by atoms with Crippen LogP contribution in [-0.4, -0.2) is 41.2 Å². The highest BCUT2D eigenvalue weighted by Gasteiger charge is 2.56. The molecule has 2 saturated heterocycles. The van der Waals surface area contributed by atoms with Crippen LogP contribution >= 0.6 is 0 Å². The van der Waals surface area contributed by atoms with Crippen LogP contribution in [0.4, 0.5) is 8.78 Å². The van der Waals surface area contributed by atoms with E-state index in [2.05, 4.69) is 0 Å². The van der Waals surface area contributed by atoms with Crippen LogP contribution in [0.1, 0.15) is 33.1 Å². The van der Waals surface area contributed by atoms with E-state index < -0.39 is 11.5 Å². The molecule has 0 radical (unpaired) electrons. The zero-order valence-electron chi connectivity index (χ0n) is 8.89. The number of aliphatic hydroxyl groups excluding tert-OH is 1. The summed E-state index contributed by atoms with van der Waals surface area (Å²) in [5, 5.41) is 9.08. The molecule has 0 aliphatic carbocycles. The maximum atomic E-state index is 12.9. The standard InChI is InChI=1S/C8H13F2NO.C2H6/c9-8(10)4-7(6-12)2-1-3-11(7)5-8;1-2/h12H,1-6H2;1-2H3. The molecular weight excluding hydrogens is 188 g/mol. The molecule has 1 N–H and O–H groups in total. The summed E-state index contributed by atoms with van der Waals surface area (Å²) in [6.07, 6.45) is 1.51. The normalized spacial score (nSPS) is 34.9. The topological polar surface area (TPSA) is 23.5 Å². The third kappa shape index (κ3) is 1.91. The molecule has 2 rings (SSSR count). The van der Waals surface area contributed by atoms with E-state index in [4.69, 9.17) is 5.11 Å². The van der Waals surface area contributed by atoms with Crippen LogP contribution in [0, 0.1) is 0 Å². The first kappa shape index (κ1) is 11.9. The van der Waals surface area contributed by atoms with Gasteiger partial charge in [0.05, 0.1) is 18.7 Å². The summed E-state index contributed by atoms with van der Waals surface area (Å²) in [4.78, 5) is 1.74. The SMILES string of the molecule is CC.OCC12CCCN1CC(F)(F)C2. The Morgan fingerprint density at radius 2 is 2.00 bits per heavy atom. The molecule has 0 aromatic carbocycles. The number of aliphatic hydroxyl groups is 1. The lowest BCUT2D eigenvalue weighted by Crippen LogP contribution is -2.41. The van der Waals surface area contributed by atoms with Crippen molar-refractivity contribution in [1.29, 1.82) is 0 Å². The minimum absolute atomic E-state index is 0.122. The van der Waals surface area contributed by atoms with Crippen molar-refractivity contribution in [1.82, 2.24) is 4.90 Å². The zero-order valence-corrected chi connectivity index (χ0v) is 8.89. The molecule has 2 aliphatic rings. The summed E-state index contributed by atoms with van der Waals surface area (Å²) in [5.41, 5.74) is -0.580. The second-order valence-electron chi connectivity index (χ2n) is 3.94. The van der Waals surface area contributed by atoms with Gasteiger partial charge in [-0.2, -0.15) is 0 Å². The van der Waals surface area contributed by atoms with E-state index in [1.54, 1.807) is 4.90 Å². The first-order valence-corrected chi connectivity index (χ1v) is 5.32. The van der Waals surface area contributed by atoms with Crippen LogP contribution in [0.2, 0.25) is 0 Å². The van der Waals surface area contributed by atoms with Gasteiger partial charge < -0.3 is 5.11 Å². The number of halogens is 2. The van der Waals surface area contributed by atoms with Gasteiger partial charge in [-0.25, -0.2) is 8.78 Å². The van der Waals surface area contributed by atoms with Crippen molar-refractivity contribution in [2.45, 2.75) is 44.6 Å². The molecule has 4 heteroatoms. The Kier molecular flexibility index (Phi) is 3.48. The first-order valence-electron chi connectivity index (χ1n) is 5.32. The van der Waals surface area contributed by atoms with Gasteiger partial charge in [0.25, 0.3) is 5.92 Å². The summed E-state index contributed by atoms with van der Waals surface area (Å²) in [7, 11) is 0. The van der Waals surface area contributed by atoms with Crippen molar-refractivity contribution in [3.8, 4) is 0 Å². The molecule has 2 heterocycles. The van der Waals surface area contributed by atoms with E-state index in [9.17, 15) is 8.78 Å². The quantitative estimate of drug-likeness (QED) is 0.709. The molecule has 1 unspecified atom stereocenters. The Labute approximate surface area is 83.9 Å². The molecule has 0 aromatic rings. The third-order valence-corrected chi connectivity index (χ3v) is 3.05. The number of hydrogen-bond acceptors (Lipinski definition) is 2. The van der Waals surface area contributed by atoms with Crippen molar-refractivity contribution in [3.05, 3.63) is 0 Å². The lowest BCUT2D eigenvalue weighted by Gasteiger charge is -2.28. The Hall–Kier alpha value is -0.220. The van der Waals surface area contributed by atoms with Crippen molar-refractivity contribution < 1.29 is 13.9 Å². The van der Waals surface area contributed by atoms with Crippen LogP contribution in [-0.2, 0) is 0 Å². The van der Waals surface area contributed by atoms with Crippen LogP contribution < -0.4 is 0 Å². The largest absolute Gasteiger partial charge is 0.394 e. The molecule has 0 amide bonds. The summed E-state index contributed by atoms with van der Waals surface area (Å²) >= 11 is 0. The maximum absolute atomic E-state index is 12.9. The van der Waals surface area contributed by atoms with Gasteiger partial charge in [-0.1, -0.05) is 13.8 Å². The Balaban J connectivity index is 0.000000461. The summed E-state index contributed by atoms with van der Waals surface area (Å²) < 4.78 is 25.9. The van der Waals surface area contributed by atoms with Crippen molar-refractivity contribution in [3.63, 3.8) is 0 Å². The molecule has 0 bridgehead atoms. The fraction of sp³-hybridized carbons (Fsp3) is 1.00. The zero-order chi connectivity index (χ0) is 10.8. The van der Waals surface area contributed by atoms with Gasteiger partial charge in [0.1, 0.15) is 0 Å². The minimum atomic E-state index is -2.58. The van der Waals surface area contributed by atoms with Gasteiger partial charge in [0, 0.05) is 6.42 Å². The number of fused-ring (bicyclic) bond motifs is 1. The monoisotopic (exact) mass is 207 g/mol. The Morgan fingerprint density at radius 1 is 1.36 bits per heavy atom. The minimum Gasteiger partial charge on any atom is -0.394 e. The van der Waals surface area contributed by atoms with E-state index in [0.717, 1.165) is 19.4 Å². The smallest absolute Gasteiger partial charge is 0.262 e. The number of hydrogen-bond donors (Lipinski definition) is 1. The van der Waals surface area contributed by atoms with E-state index in [1.807, 2.05) is 13.8 Å². The Morgan fingerprint density at radius 3 is 2.50 bits per heavy atom. The third-order valence-electron chi connectivity index (χ3n) is 3.05. The number of rotatable bonds is 1. The predicted molar refractivity (Wildman–Crippen MR) is 51.5 cm³/mol. The van der Waals surface area contributed by atoms with Gasteiger partial charge in [-0.3, -0.25) is 4.90 Å². The molecule has 84 valence electrons. The maximum Gasteiger partial charge on any atom is 0.262 e. The fourth-order valence-corrected chi connectivity index (χ4v) is 2.49. The molecule has 0 saturated carbocycles. The first-order chi connectivity index (χ1) is 6.58. The molecular formula is C10H19F2NO. The summed E-state index contributed by atoms with van der Waals surface area (Å²) in [6.45, 7) is 4.44. The van der Waals surface area contributed by atoms with Crippen LogP contribution in [0.25, 0.3) is 0 Å². The fourth-order valence-electron chi connectivity index (χ4n) is 2.49. The van der Waals surface area contributed by atoms with Crippen molar-refractivity contribution >= 4 is 0 Å². The molecule has 14 heavy (non-hydrogen) atoms.